The van der Waals surface area contributed by atoms with E-state index in [0.717, 1.165) is 16.0 Å². The minimum Gasteiger partial charge on any atom is -0.324 e. The molecule has 6 nitrogen and oxygen atoms in total. The van der Waals surface area contributed by atoms with Gasteiger partial charge in [0.05, 0.1) is 16.0 Å². The first kappa shape index (κ1) is 29.6. The van der Waals surface area contributed by atoms with Crippen molar-refractivity contribution in [3.63, 3.8) is 0 Å². The molecule has 0 heterocycles. The number of amides is 3. The summed E-state index contributed by atoms with van der Waals surface area (Å²) in [6.07, 6.45) is 2.25. The van der Waals surface area contributed by atoms with E-state index in [4.69, 9.17) is 11.6 Å². The van der Waals surface area contributed by atoms with E-state index in [9.17, 15) is 14.4 Å². The molecule has 1 atom stereocenters. The second-order valence-electron chi connectivity index (χ2n) is 9.20. The molecular weight excluding hydrogens is 554 g/mol. The minimum atomic E-state index is -0.469. The fraction of sp³-hybridized carbons (Fsp3) is 0.121. The molecule has 1 unspecified atom stereocenters. The quantitative estimate of drug-likeness (QED) is 0.133. The van der Waals surface area contributed by atoms with Crippen molar-refractivity contribution in [3.05, 3.63) is 131 Å². The summed E-state index contributed by atoms with van der Waals surface area (Å²) in [6, 6.07) is 30.7. The van der Waals surface area contributed by atoms with Gasteiger partial charge in [0, 0.05) is 16.1 Å². The second-order valence-corrected chi connectivity index (χ2v) is 10.9. The fourth-order valence-corrected chi connectivity index (χ4v) is 5.15. The van der Waals surface area contributed by atoms with E-state index in [0.29, 0.717) is 28.4 Å². The lowest BCUT2D eigenvalue weighted by Gasteiger charge is -2.16. The molecule has 0 aliphatic heterocycles. The third-order valence-electron chi connectivity index (χ3n) is 6.18. The van der Waals surface area contributed by atoms with E-state index in [1.54, 1.807) is 60.7 Å². The normalized spacial score (nSPS) is 11.8. The Morgan fingerprint density at radius 3 is 2.29 bits per heavy atom. The summed E-state index contributed by atoms with van der Waals surface area (Å²) >= 11 is 7.60. The second kappa shape index (κ2) is 14.3. The minimum absolute atomic E-state index is 0.108. The SMILES string of the molecule is CCC(Sc1cccc(NC(=O)/C(=C/c2ccccc2C)NC(=O)c2ccccc2)c1)C(=O)Nc1ccccc1Cl. The van der Waals surface area contributed by atoms with Crippen molar-refractivity contribution in [1.29, 1.82) is 0 Å². The van der Waals surface area contributed by atoms with Gasteiger partial charge in [-0.05, 0) is 73.0 Å². The molecule has 0 fully saturated rings. The fourth-order valence-electron chi connectivity index (χ4n) is 3.95. The molecule has 4 aromatic rings. The number of hydrogen-bond acceptors (Lipinski definition) is 4. The van der Waals surface area contributed by atoms with Crippen LogP contribution in [0, 0.1) is 6.92 Å². The number of anilines is 2. The highest BCUT2D eigenvalue weighted by Crippen LogP contribution is 2.30. The van der Waals surface area contributed by atoms with E-state index in [2.05, 4.69) is 16.0 Å². The number of halogens is 1. The maximum absolute atomic E-state index is 13.5. The molecule has 0 saturated heterocycles. The van der Waals surface area contributed by atoms with Gasteiger partial charge in [-0.1, -0.05) is 79.2 Å². The smallest absolute Gasteiger partial charge is 0.272 e. The summed E-state index contributed by atoms with van der Waals surface area (Å²) in [5.74, 6) is -1.02. The van der Waals surface area contributed by atoms with Gasteiger partial charge in [-0.3, -0.25) is 14.4 Å². The number of carbonyl (C=O) groups excluding carboxylic acids is 3. The van der Waals surface area contributed by atoms with Crippen LogP contribution >= 0.6 is 23.4 Å². The molecule has 4 aromatic carbocycles. The molecule has 0 aliphatic rings. The summed E-state index contributed by atoms with van der Waals surface area (Å²) < 4.78 is 0. The summed E-state index contributed by atoms with van der Waals surface area (Å²) in [7, 11) is 0. The molecular formula is C33H30ClN3O3S. The number of hydrogen-bond donors (Lipinski definition) is 3. The topological polar surface area (TPSA) is 87.3 Å². The Morgan fingerprint density at radius 1 is 0.854 bits per heavy atom. The van der Waals surface area contributed by atoms with Gasteiger partial charge in [-0.15, -0.1) is 11.8 Å². The van der Waals surface area contributed by atoms with Crippen LogP contribution in [0.25, 0.3) is 6.08 Å². The number of carbonyl (C=O) groups is 3. The van der Waals surface area contributed by atoms with Gasteiger partial charge in [-0.25, -0.2) is 0 Å². The number of thioether (sulfide) groups is 1. The van der Waals surface area contributed by atoms with Gasteiger partial charge in [-0.2, -0.15) is 0 Å². The Morgan fingerprint density at radius 2 is 1.56 bits per heavy atom. The van der Waals surface area contributed by atoms with Gasteiger partial charge in [0.2, 0.25) is 5.91 Å². The zero-order chi connectivity index (χ0) is 29.2. The molecule has 0 saturated carbocycles. The summed E-state index contributed by atoms with van der Waals surface area (Å²) in [5, 5.41) is 8.65. The predicted octanol–water partition coefficient (Wildman–Crippen LogP) is 7.57. The van der Waals surface area contributed by atoms with Crippen LogP contribution in [0.2, 0.25) is 5.02 Å². The number of para-hydroxylation sites is 1. The monoisotopic (exact) mass is 583 g/mol. The maximum Gasteiger partial charge on any atom is 0.272 e. The van der Waals surface area contributed by atoms with Crippen molar-refractivity contribution >= 4 is 58.5 Å². The third kappa shape index (κ3) is 8.33. The first-order valence-electron chi connectivity index (χ1n) is 13.1. The molecule has 0 radical (unpaired) electrons. The molecule has 4 rings (SSSR count). The molecule has 0 aliphatic carbocycles. The number of aryl methyl sites for hydroxylation is 1. The van der Waals surface area contributed by atoms with E-state index in [1.165, 1.54) is 11.8 Å². The third-order valence-corrected chi connectivity index (χ3v) is 7.87. The lowest BCUT2D eigenvalue weighted by molar-refractivity contribution is -0.116. The number of benzene rings is 4. The van der Waals surface area contributed by atoms with Crippen molar-refractivity contribution in [2.75, 3.05) is 10.6 Å². The van der Waals surface area contributed by atoms with E-state index in [1.807, 2.05) is 62.4 Å². The highest BCUT2D eigenvalue weighted by Gasteiger charge is 2.20. The molecule has 8 heteroatoms. The lowest BCUT2D eigenvalue weighted by Crippen LogP contribution is -2.30. The first-order chi connectivity index (χ1) is 19.8. The first-order valence-corrected chi connectivity index (χ1v) is 14.4. The van der Waals surface area contributed by atoms with Gasteiger partial charge in [0.25, 0.3) is 11.8 Å². The standard InChI is InChI=1S/C33H30ClN3O3S/c1-3-30(33(40)36-28-19-10-9-18-27(28)34)41-26-17-11-16-25(21-26)35-32(39)29(20-24-15-8-7-12-22(24)2)37-31(38)23-13-5-4-6-14-23/h4-21,30H,3H2,1-2H3,(H,35,39)(H,36,40)(H,37,38)/b29-20-. The average Bonchev–Trinajstić information content (AvgIpc) is 2.98. The molecule has 0 spiro atoms. The Bertz CT molecular complexity index is 1570. The van der Waals surface area contributed by atoms with Crippen LogP contribution in [-0.4, -0.2) is 23.0 Å². The van der Waals surface area contributed by atoms with Crippen LogP contribution in [0.4, 0.5) is 11.4 Å². The highest BCUT2D eigenvalue weighted by molar-refractivity contribution is 8.00. The van der Waals surface area contributed by atoms with E-state index in [-0.39, 0.29) is 22.8 Å². The van der Waals surface area contributed by atoms with Crippen molar-refractivity contribution < 1.29 is 14.4 Å². The number of rotatable bonds is 10. The predicted molar refractivity (Wildman–Crippen MR) is 168 cm³/mol. The summed E-state index contributed by atoms with van der Waals surface area (Å²) in [6.45, 7) is 3.88. The van der Waals surface area contributed by atoms with Crippen LogP contribution in [0.3, 0.4) is 0 Å². The van der Waals surface area contributed by atoms with Crippen LogP contribution in [0.15, 0.2) is 114 Å². The summed E-state index contributed by atoms with van der Waals surface area (Å²) in [5.41, 5.74) is 3.42. The molecule has 41 heavy (non-hydrogen) atoms. The molecule has 0 bridgehead atoms. The molecule has 3 amide bonds. The van der Waals surface area contributed by atoms with Gasteiger partial charge in [0.15, 0.2) is 0 Å². The van der Waals surface area contributed by atoms with Gasteiger partial charge < -0.3 is 16.0 Å². The number of nitrogens with one attached hydrogen (secondary N) is 3. The van der Waals surface area contributed by atoms with Crippen LogP contribution in [0.1, 0.15) is 34.8 Å². The van der Waals surface area contributed by atoms with Gasteiger partial charge >= 0.3 is 0 Å². The van der Waals surface area contributed by atoms with E-state index >= 15 is 0 Å². The van der Waals surface area contributed by atoms with Crippen LogP contribution < -0.4 is 16.0 Å². The Hall–Kier alpha value is -4.33. The zero-order valence-electron chi connectivity index (χ0n) is 22.7. The Kier molecular flexibility index (Phi) is 10.4. The Balaban J connectivity index is 1.51. The zero-order valence-corrected chi connectivity index (χ0v) is 24.3. The maximum atomic E-state index is 13.5. The van der Waals surface area contributed by atoms with Crippen molar-refractivity contribution in [2.45, 2.75) is 30.4 Å². The van der Waals surface area contributed by atoms with Crippen LogP contribution in [0.5, 0.6) is 0 Å². The van der Waals surface area contributed by atoms with Crippen molar-refractivity contribution in [1.82, 2.24) is 5.32 Å². The lowest BCUT2D eigenvalue weighted by atomic mass is 10.1. The average molecular weight is 584 g/mol. The van der Waals surface area contributed by atoms with Crippen molar-refractivity contribution in [3.8, 4) is 0 Å². The van der Waals surface area contributed by atoms with Gasteiger partial charge in [0.1, 0.15) is 5.70 Å². The largest absolute Gasteiger partial charge is 0.324 e. The van der Waals surface area contributed by atoms with Crippen LogP contribution in [-0.2, 0) is 9.59 Å². The van der Waals surface area contributed by atoms with Crippen molar-refractivity contribution in [2.24, 2.45) is 0 Å². The molecule has 3 N–H and O–H groups in total. The molecule has 208 valence electrons. The molecule has 0 aromatic heterocycles. The highest BCUT2D eigenvalue weighted by atomic mass is 35.5. The summed E-state index contributed by atoms with van der Waals surface area (Å²) in [4.78, 5) is 40.2. The van der Waals surface area contributed by atoms with E-state index < -0.39 is 5.91 Å². The Labute approximate surface area is 249 Å².